The van der Waals surface area contributed by atoms with Crippen molar-refractivity contribution in [1.82, 2.24) is 29.9 Å². The summed E-state index contributed by atoms with van der Waals surface area (Å²) < 4.78 is 8.70. The van der Waals surface area contributed by atoms with Crippen LogP contribution in [0.4, 0.5) is 0 Å². The highest BCUT2D eigenvalue weighted by molar-refractivity contribution is 5.80. The number of nitrogens with zero attached hydrogens (tertiary/aromatic N) is 5. The van der Waals surface area contributed by atoms with Crippen molar-refractivity contribution in [2.75, 3.05) is 6.54 Å². The van der Waals surface area contributed by atoms with Crippen LogP contribution in [0.3, 0.4) is 0 Å². The Bertz CT molecular complexity index is 1100. The molecule has 0 aliphatic rings. The van der Waals surface area contributed by atoms with Crippen molar-refractivity contribution < 1.29 is 9.53 Å². The van der Waals surface area contributed by atoms with Gasteiger partial charge in [-0.15, -0.1) is 5.10 Å². The molecule has 3 rings (SSSR count). The van der Waals surface area contributed by atoms with Crippen molar-refractivity contribution in [2.45, 2.75) is 52.7 Å². The molecule has 9 heteroatoms. The number of carbonyl (C=O) groups is 1. The van der Waals surface area contributed by atoms with Crippen LogP contribution in [0, 0.1) is 6.92 Å². The summed E-state index contributed by atoms with van der Waals surface area (Å²) in [6, 6.07) is 8.92. The number of nitrogens with one attached hydrogen (secondary N) is 1. The lowest BCUT2D eigenvalue weighted by Crippen LogP contribution is -2.39. The van der Waals surface area contributed by atoms with Gasteiger partial charge in [0, 0.05) is 12.6 Å². The topological polar surface area (TPSA) is 104 Å². The van der Waals surface area contributed by atoms with Gasteiger partial charge in [0.2, 0.25) is 0 Å². The molecule has 9 nitrogen and oxygen atoms in total. The van der Waals surface area contributed by atoms with E-state index in [0.717, 1.165) is 11.1 Å². The van der Waals surface area contributed by atoms with E-state index in [9.17, 15) is 9.59 Å². The maximum absolute atomic E-state index is 12.5. The van der Waals surface area contributed by atoms with E-state index in [-0.39, 0.29) is 30.0 Å². The quantitative estimate of drug-likeness (QED) is 0.622. The molecule has 0 aliphatic carbocycles. The number of hydrogen-bond acceptors (Lipinski definition) is 6. The molecule has 3 aromatic rings. The van der Waals surface area contributed by atoms with Crippen LogP contribution < -0.4 is 15.6 Å². The molecule has 0 radical (unpaired) electrons. The van der Waals surface area contributed by atoms with Gasteiger partial charge in [-0.3, -0.25) is 9.59 Å². The number of aryl methyl sites for hydroxylation is 1. The van der Waals surface area contributed by atoms with Gasteiger partial charge in [0.05, 0.1) is 6.54 Å². The number of benzene rings is 1. The molecule has 0 saturated carbocycles. The molecule has 1 aromatic carbocycles. The normalized spacial score (nSPS) is 12.4. The van der Waals surface area contributed by atoms with E-state index in [4.69, 9.17) is 4.74 Å². The fourth-order valence-corrected chi connectivity index (χ4v) is 3.05. The second kappa shape index (κ2) is 9.11. The zero-order valence-electron chi connectivity index (χ0n) is 18.5. The molecule has 1 unspecified atom stereocenters. The molecule has 2 aromatic heterocycles. The van der Waals surface area contributed by atoms with Gasteiger partial charge in [-0.1, -0.05) is 38.5 Å². The minimum Gasteiger partial charge on any atom is -0.481 e. The van der Waals surface area contributed by atoms with Crippen LogP contribution >= 0.6 is 0 Å². The average Bonchev–Trinajstić information content (AvgIpc) is 3.24. The van der Waals surface area contributed by atoms with Gasteiger partial charge in [0.1, 0.15) is 18.4 Å². The van der Waals surface area contributed by atoms with Crippen molar-refractivity contribution in [2.24, 2.45) is 0 Å². The number of amides is 1. The summed E-state index contributed by atoms with van der Waals surface area (Å²) >= 11 is 0. The lowest BCUT2D eigenvalue weighted by molar-refractivity contribution is -0.127. The van der Waals surface area contributed by atoms with E-state index in [2.05, 4.69) is 47.3 Å². The molecule has 164 valence electrons. The smallest absolute Gasteiger partial charge is 0.266 e. The second-order valence-electron chi connectivity index (χ2n) is 8.39. The van der Waals surface area contributed by atoms with Crippen LogP contribution in [0.15, 0.2) is 47.8 Å². The zero-order valence-corrected chi connectivity index (χ0v) is 18.5. The van der Waals surface area contributed by atoms with Crippen molar-refractivity contribution in [1.29, 1.82) is 0 Å². The van der Waals surface area contributed by atoms with E-state index >= 15 is 0 Å². The Kier molecular flexibility index (Phi) is 6.53. The second-order valence-corrected chi connectivity index (χ2v) is 8.39. The number of ether oxygens (including phenoxy) is 1. The number of hydrogen-bond donors (Lipinski definition) is 1. The number of carbonyl (C=O) groups excluding carboxylic acids is 1. The first kappa shape index (κ1) is 22.2. The first-order valence-corrected chi connectivity index (χ1v) is 10.1. The summed E-state index contributed by atoms with van der Waals surface area (Å²) in [4.78, 5) is 28.5. The van der Waals surface area contributed by atoms with Crippen molar-refractivity contribution in [3.8, 4) is 11.6 Å². The summed E-state index contributed by atoms with van der Waals surface area (Å²) in [5.74, 6) is 0.897. The zero-order chi connectivity index (χ0) is 22.6. The standard InChI is InChI=1S/C22H28N6O3/c1-15-6-7-18(17(12-15)22(3,4)5)31-16(2)21(30)24-10-11-27-20(29)9-8-19(26-27)28-14-23-13-25-28/h6-9,12-14,16H,10-11H2,1-5H3,(H,24,30). The molecule has 1 N–H and O–H groups in total. The number of aromatic nitrogens is 5. The predicted molar refractivity (Wildman–Crippen MR) is 116 cm³/mol. The fraction of sp³-hybridized carbons (Fsp3) is 0.409. The van der Waals surface area contributed by atoms with E-state index in [1.54, 1.807) is 13.0 Å². The summed E-state index contributed by atoms with van der Waals surface area (Å²) in [5, 5.41) is 11.1. The Morgan fingerprint density at radius 3 is 2.68 bits per heavy atom. The summed E-state index contributed by atoms with van der Waals surface area (Å²) in [7, 11) is 0. The van der Waals surface area contributed by atoms with Gasteiger partial charge in [0.25, 0.3) is 11.5 Å². The van der Waals surface area contributed by atoms with Gasteiger partial charge in [-0.25, -0.2) is 14.3 Å². The molecule has 1 amide bonds. The van der Waals surface area contributed by atoms with Crippen molar-refractivity contribution >= 4 is 5.91 Å². The van der Waals surface area contributed by atoms with Crippen LogP contribution in [-0.4, -0.2) is 43.1 Å². The predicted octanol–water partition coefficient (Wildman–Crippen LogP) is 2.01. The van der Waals surface area contributed by atoms with E-state index in [0.29, 0.717) is 11.6 Å². The third-order valence-corrected chi connectivity index (χ3v) is 4.74. The van der Waals surface area contributed by atoms with E-state index < -0.39 is 6.10 Å². The SMILES string of the molecule is Cc1ccc(OC(C)C(=O)NCCn2nc(-n3cncn3)ccc2=O)c(C(C)(C)C)c1. The Hall–Kier alpha value is -3.49. The summed E-state index contributed by atoms with van der Waals surface area (Å²) in [5.41, 5.74) is 1.81. The molecular weight excluding hydrogens is 396 g/mol. The van der Waals surface area contributed by atoms with Crippen LogP contribution in [0.2, 0.25) is 0 Å². The highest BCUT2D eigenvalue weighted by atomic mass is 16.5. The minimum absolute atomic E-state index is 0.112. The van der Waals surface area contributed by atoms with E-state index in [1.165, 1.54) is 28.1 Å². The van der Waals surface area contributed by atoms with Gasteiger partial charge in [-0.05, 0) is 37.0 Å². The Balaban J connectivity index is 1.61. The first-order chi connectivity index (χ1) is 14.6. The molecular formula is C22H28N6O3. The highest BCUT2D eigenvalue weighted by Gasteiger charge is 2.22. The monoisotopic (exact) mass is 424 g/mol. The Labute approximate surface area is 181 Å². The van der Waals surface area contributed by atoms with Crippen LogP contribution in [0.1, 0.15) is 38.8 Å². The molecule has 0 saturated heterocycles. The van der Waals surface area contributed by atoms with Crippen LogP contribution in [0.25, 0.3) is 5.82 Å². The largest absolute Gasteiger partial charge is 0.481 e. The van der Waals surface area contributed by atoms with Crippen LogP contribution in [-0.2, 0) is 16.8 Å². The van der Waals surface area contributed by atoms with Gasteiger partial charge < -0.3 is 10.1 Å². The van der Waals surface area contributed by atoms with Gasteiger partial charge in [0.15, 0.2) is 11.9 Å². The molecule has 31 heavy (non-hydrogen) atoms. The molecule has 0 bridgehead atoms. The average molecular weight is 425 g/mol. The van der Waals surface area contributed by atoms with Crippen LogP contribution in [0.5, 0.6) is 5.75 Å². The van der Waals surface area contributed by atoms with E-state index in [1.807, 2.05) is 19.1 Å². The minimum atomic E-state index is -0.685. The van der Waals surface area contributed by atoms with Crippen molar-refractivity contribution in [3.63, 3.8) is 0 Å². The maximum Gasteiger partial charge on any atom is 0.266 e. The molecule has 1 atom stereocenters. The fourth-order valence-electron chi connectivity index (χ4n) is 3.05. The number of rotatable bonds is 7. The molecule has 0 spiro atoms. The third kappa shape index (κ3) is 5.56. The van der Waals surface area contributed by atoms with Gasteiger partial charge in [-0.2, -0.15) is 5.10 Å². The molecule has 0 fully saturated rings. The summed E-state index contributed by atoms with van der Waals surface area (Å²) in [6.45, 7) is 10.5. The highest BCUT2D eigenvalue weighted by Crippen LogP contribution is 2.32. The molecule has 0 aliphatic heterocycles. The lowest BCUT2D eigenvalue weighted by Gasteiger charge is -2.25. The summed E-state index contributed by atoms with van der Waals surface area (Å²) in [6.07, 6.45) is 2.20. The maximum atomic E-state index is 12.5. The first-order valence-electron chi connectivity index (χ1n) is 10.1. The Morgan fingerprint density at radius 1 is 1.23 bits per heavy atom. The van der Waals surface area contributed by atoms with Crippen molar-refractivity contribution in [3.05, 3.63) is 64.5 Å². The molecule has 2 heterocycles. The van der Waals surface area contributed by atoms with Gasteiger partial charge >= 0.3 is 0 Å². The third-order valence-electron chi connectivity index (χ3n) is 4.74. The lowest BCUT2D eigenvalue weighted by atomic mass is 9.85. The Morgan fingerprint density at radius 2 is 2.00 bits per heavy atom.